The minimum absolute atomic E-state index is 0.413. The zero-order valence-electron chi connectivity index (χ0n) is 15.7. The molecule has 0 radical (unpaired) electrons. The molecule has 0 saturated carbocycles. The molecule has 5 rings (SSSR count). The van der Waals surface area contributed by atoms with Crippen LogP contribution < -0.4 is 9.47 Å². The van der Waals surface area contributed by atoms with Crippen molar-refractivity contribution < 1.29 is 9.47 Å². The summed E-state index contributed by atoms with van der Waals surface area (Å²) in [6.07, 6.45) is 8.00. The first kappa shape index (κ1) is 16.8. The lowest BCUT2D eigenvalue weighted by molar-refractivity contribution is 0.301. The quantitative estimate of drug-likeness (QED) is 0.642. The predicted octanol–water partition coefficient (Wildman–Crippen LogP) is 4.92. The van der Waals surface area contributed by atoms with E-state index < -0.39 is 0 Å². The Hall–Kier alpha value is -3.40. The van der Waals surface area contributed by atoms with E-state index in [1.807, 2.05) is 24.3 Å². The van der Waals surface area contributed by atoms with Gasteiger partial charge in [-0.25, -0.2) is 0 Å². The number of hydrogen-bond acceptors (Lipinski definition) is 4. The smallest absolute Gasteiger partial charge is 0.137 e. The molecule has 0 bridgehead atoms. The minimum Gasteiger partial charge on any atom is -0.495 e. The first-order valence-corrected chi connectivity index (χ1v) is 9.40. The highest BCUT2D eigenvalue weighted by atomic mass is 16.5. The molecule has 2 aromatic carbocycles. The summed E-state index contributed by atoms with van der Waals surface area (Å²) in [5.41, 5.74) is 8.11. The van der Waals surface area contributed by atoms with Gasteiger partial charge in [0.1, 0.15) is 18.1 Å². The molecular formula is C24H20N2O2. The molecule has 2 aliphatic rings. The van der Waals surface area contributed by atoms with Crippen LogP contribution in [-0.4, -0.2) is 17.8 Å². The van der Waals surface area contributed by atoms with E-state index in [0.717, 1.165) is 41.4 Å². The van der Waals surface area contributed by atoms with Gasteiger partial charge in [0.15, 0.2) is 0 Å². The fourth-order valence-corrected chi connectivity index (χ4v) is 3.62. The molecule has 0 fully saturated rings. The summed E-state index contributed by atoms with van der Waals surface area (Å²) < 4.78 is 11.0. The lowest BCUT2D eigenvalue weighted by atomic mass is 10.00. The van der Waals surface area contributed by atoms with E-state index in [0.29, 0.717) is 6.61 Å². The van der Waals surface area contributed by atoms with Crippen molar-refractivity contribution in [2.45, 2.75) is 19.4 Å². The maximum atomic E-state index is 5.91. The largest absolute Gasteiger partial charge is 0.495 e. The fourth-order valence-electron chi connectivity index (χ4n) is 3.62. The van der Waals surface area contributed by atoms with Gasteiger partial charge in [0.05, 0.1) is 30.4 Å². The molecule has 138 valence electrons. The molecule has 28 heavy (non-hydrogen) atoms. The molecule has 0 N–H and O–H groups in total. The van der Waals surface area contributed by atoms with Crippen molar-refractivity contribution in [2.75, 3.05) is 7.11 Å². The van der Waals surface area contributed by atoms with Gasteiger partial charge < -0.3 is 9.47 Å². The SMILES string of the molecule is COc1ccc(COc2ccc3c(c2)N=C(c2ccc4c(c2)C=CC4)C3)nc1. The number of allylic oxidation sites excluding steroid dienone is 1. The van der Waals surface area contributed by atoms with Gasteiger partial charge in [-0.05, 0) is 52.9 Å². The van der Waals surface area contributed by atoms with Crippen LogP contribution in [0.3, 0.4) is 0 Å². The first-order chi connectivity index (χ1) is 13.8. The lowest BCUT2D eigenvalue weighted by Gasteiger charge is -2.07. The number of hydrogen-bond donors (Lipinski definition) is 0. The number of ether oxygens (including phenoxy) is 2. The summed E-state index contributed by atoms with van der Waals surface area (Å²) in [7, 11) is 1.63. The summed E-state index contributed by atoms with van der Waals surface area (Å²) in [5.74, 6) is 1.54. The second-order valence-electron chi connectivity index (χ2n) is 7.02. The molecule has 1 aliphatic carbocycles. The number of pyridine rings is 1. The third-order valence-electron chi connectivity index (χ3n) is 5.20. The summed E-state index contributed by atoms with van der Waals surface area (Å²) in [6, 6.07) is 16.6. The number of methoxy groups -OCH3 is 1. The van der Waals surface area contributed by atoms with E-state index in [9.17, 15) is 0 Å². The van der Waals surface area contributed by atoms with Crippen LogP contribution in [0.4, 0.5) is 5.69 Å². The van der Waals surface area contributed by atoms with Crippen LogP contribution in [0.25, 0.3) is 6.08 Å². The normalized spacial score (nSPS) is 13.8. The number of nitrogens with zero attached hydrogens (tertiary/aromatic N) is 2. The van der Waals surface area contributed by atoms with Crippen LogP contribution in [0, 0.1) is 0 Å². The van der Waals surface area contributed by atoms with E-state index >= 15 is 0 Å². The highest BCUT2D eigenvalue weighted by Crippen LogP contribution is 2.33. The van der Waals surface area contributed by atoms with Crippen LogP contribution in [0.5, 0.6) is 11.5 Å². The highest BCUT2D eigenvalue weighted by Gasteiger charge is 2.18. The third kappa shape index (κ3) is 3.18. The Labute approximate surface area is 164 Å². The molecule has 0 saturated heterocycles. The second kappa shape index (κ2) is 6.97. The number of rotatable bonds is 5. The molecule has 2 heterocycles. The van der Waals surface area contributed by atoms with Crippen molar-refractivity contribution in [3.05, 3.63) is 88.8 Å². The van der Waals surface area contributed by atoms with Crippen molar-refractivity contribution in [1.29, 1.82) is 0 Å². The number of aromatic nitrogens is 1. The monoisotopic (exact) mass is 368 g/mol. The van der Waals surface area contributed by atoms with E-state index in [4.69, 9.17) is 14.5 Å². The Morgan fingerprint density at radius 2 is 1.86 bits per heavy atom. The summed E-state index contributed by atoms with van der Waals surface area (Å²) in [4.78, 5) is 9.20. The third-order valence-corrected chi connectivity index (χ3v) is 5.20. The Morgan fingerprint density at radius 1 is 0.964 bits per heavy atom. The van der Waals surface area contributed by atoms with Gasteiger partial charge >= 0.3 is 0 Å². The van der Waals surface area contributed by atoms with E-state index in [1.165, 1.54) is 22.3 Å². The first-order valence-electron chi connectivity index (χ1n) is 9.40. The Kier molecular flexibility index (Phi) is 4.17. The minimum atomic E-state index is 0.413. The van der Waals surface area contributed by atoms with E-state index in [-0.39, 0.29) is 0 Å². The Bertz CT molecular complexity index is 1100. The second-order valence-corrected chi connectivity index (χ2v) is 7.02. The standard InChI is InChI=1S/C24H20N2O2/c1-27-22-10-8-20(25-14-22)15-28-21-9-7-19-12-23(26-24(19)13-21)18-6-5-16-3-2-4-17(16)11-18/h2,4-11,13-14H,3,12,15H2,1H3. The van der Waals surface area contributed by atoms with E-state index in [2.05, 4.69) is 41.4 Å². The van der Waals surface area contributed by atoms with Gasteiger partial charge in [0, 0.05) is 12.5 Å². The van der Waals surface area contributed by atoms with Crippen molar-refractivity contribution >= 4 is 17.5 Å². The van der Waals surface area contributed by atoms with Crippen LogP contribution >= 0.6 is 0 Å². The molecule has 0 spiro atoms. The van der Waals surface area contributed by atoms with Crippen LogP contribution in [0.15, 0.2) is 65.8 Å². The topological polar surface area (TPSA) is 43.7 Å². The maximum Gasteiger partial charge on any atom is 0.137 e. The predicted molar refractivity (Wildman–Crippen MR) is 111 cm³/mol. The van der Waals surface area contributed by atoms with Crippen LogP contribution in [0.1, 0.15) is 27.9 Å². The lowest BCUT2D eigenvalue weighted by Crippen LogP contribution is -2.01. The van der Waals surface area contributed by atoms with Gasteiger partial charge in [-0.1, -0.05) is 30.4 Å². The molecule has 0 unspecified atom stereocenters. The zero-order valence-corrected chi connectivity index (χ0v) is 15.7. The number of aliphatic imine (C=N–C) groups is 1. The average Bonchev–Trinajstić information content (AvgIpc) is 3.38. The summed E-state index contributed by atoms with van der Waals surface area (Å²) in [5, 5.41) is 0. The molecule has 3 aromatic rings. The van der Waals surface area contributed by atoms with Gasteiger partial charge in [-0.3, -0.25) is 9.98 Å². The maximum absolute atomic E-state index is 5.91. The summed E-state index contributed by atoms with van der Waals surface area (Å²) in [6.45, 7) is 0.413. The molecule has 1 aliphatic heterocycles. The average molecular weight is 368 g/mol. The molecule has 0 atom stereocenters. The van der Waals surface area contributed by atoms with Crippen molar-refractivity contribution in [1.82, 2.24) is 4.98 Å². The highest BCUT2D eigenvalue weighted by molar-refractivity contribution is 6.07. The molecule has 4 nitrogen and oxygen atoms in total. The van der Waals surface area contributed by atoms with Crippen molar-refractivity contribution in [3.63, 3.8) is 0 Å². The zero-order chi connectivity index (χ0) is 18.9. The summed E-state index contributed by atoms with van der Waals surface area (Å²) >= 11 is 0. The van der Waals surface area contributed by atoms with Crippen LogP contribution in [-0.2, 0) is 19.4 Å². The number of fused-ring (bicyclic) bond motifs is 2. The fraction of sp³-hybridized carbons (Fsp3) is 0.167. The van der Waals surface area contributed by atoms with Crippen molar-refractivity contribution in [3.8, 4) is 11.5 Å². The molecule has 0 amide bonds. The molecule has 4 heteroatoms. The Balaban J connectivity index is 1.32. The molecular weight excluding hydrogens is 348 g/mol. The van der Waals surface area contributed by atoms with Gasteiger partial charge in [0.2, 0.25) is 0 Å². The van der Waals surface area contributed by atoms with E-state index in [1.54, 1.807) is 13.3 Å². The van der Waals surface area contributed by atoms with Gasteiger partial charge in [0.25, 0.3) is 0 Å². The van der Waals surface area contributed by atoms with Gasteiger partial charge in [-0.2, -0.15) is 0 Å². The Morgan fingerprint density at radius 3 is 2.71 bits per heavy atom. The van der Waals surface area contributed by atoms with Gasteiger partial charge in [-0.15, -0.1) is 0 Å². The molecule has 1 aromatic heterocycles. The van der Waals surface area contributed by atoms with Crippen molar-refractivity contribution in [2.24, 2.45) is 4.99 Å². The number of benzene rings is 2. The van der Waals surface area contributed by atoms with Crippen LogP contribution in [0.2, 0.25) is 0 Å².